The Kier molecular flexibility index (Phi) is 6.39. The molecule has 0 spiro atoms. The van der Waals surface area contributed by atoms with Gasteiger partial charge in [0, 0.05) is 25.2 Å². The summed E-state index contributed by atoms with van der Waals surface area (Å²) in [4.78, 5) is 12.4. The number of hydrogen-bond acceptors (Lipinski definition) is 5. The Bertz CT molecular complexity index is 951. The number of halogens is 1. The maximum atomic E-state index is 12.6. The van der Waals surface area contributed by atoms with Crippen molar-refractivity contribution < 1.29 is 17.9 Å². The molecule has 3 rings (SSSR count). The highest BCUT2D eigenvalue weighted by Gasteiger charge is 2.26. The summed E-state index contributed by atoms with van der Waals surface area (Å²) in [5, 5.41) is 7.67. The Balaban J connectivity index is 1.59. The van der Waals surface area contributed by atoms with Crippen LogP contribution in [-0.4, -0.2) is 54.7 Å². The van der Waals surface area contributed by atoms with Crippen LogP contribution in [0.5, 0.6) is 0 Å². The van der Waals surface area contributed by atoms with Crippen LogP contribution >= 0.6 is 11.6 Å². The predicted octanol–water partition coefficient (Wildman–Crippen LogP) is 2.20. The van der Waals surface area contributed by atoms with E-state index in [2.05, 4.69) is 10.4 Å². The fourth-order valence-electron chi connectivity index (χ4n) is 2.97. The van der Waals surface area contributed by atoms with E-state index in [0.717, 1.165) is 11.4 Å². The molecule has 2 heterocycles. The molecule has 1 N–H and O–H groups in total. The first kappa shape index (κ1) is 20.8. The average Bonchev–Trinajstić information content (AvgIpc) is 2.94. The predicted molar refractivity (Wildman–Crippen MR) is 106 cm³/mol. The number of rotatable bonds is 6. The third kappa shape index (κ3) is 4.54. The number of anilines is 1. The maximum absolute atomic E-state index is 12.6. The third-order valence-electron chi connectivity index (χ3n) is 4.59. The fourth-order valence-corrected chi connectivity index (χ4v) is 4.51. The number of nitrogens with one attached hydrogen (secondary N) is 1. The van der Waals surface area contributed by atoms with E-state index in [1.165, 1.54) is 16.4 Å². The van der Waals surface area contributed by atoms with Crippen molar-refractivity contribution in [2.75, 3.05) is 31.6 Å². The van der Waals surface area contributed by atoms with E-state index in [-0.39, 0.29) is 17.2 Å². The summed E-state index contributed by atoms with van der Waals surface area (Å²) in [7, 11) is -3.54. The number of hydrogen-bond donors (Lipinski definition) is 1. The molecule has 28 heavy (non-hydrogen) atoms. The number of ether oxygens (including phenoxy) is 1. The smallest absolute Gasteiger partial charge is 0.243 e. The Hall–Kier alpha value is -1.94. The van der Waals surface area contributed by atoms with Crippen molar-refractivity contribution in [3.63, 3.8) is 0 Å². The molecule has 0 bridgehead atoms. The first-order chi connectivity index (χ1) is 13.3. The molecule has 0 atom stereocenters. The summed E-state index contributed by atoms with van der Waals surface area (Å²) in [5.74, 6) is -0.188. The zero-order chi connectivity index (χ0) is 20.3. The summed E-state index contributed by atoms with van der Waals surface area (Å²) >= 11 is 6.11. The van der Waals surface area contributed by atoms with Gasteiger partial charge in [-0.2, -0.15) is 9.40 Å². The van der Waals surface area contributed by atoms with E-state index in [1.54, 1.807) is 16.8 Å². The fraction of sp³-hybridized carbons (Fsp3) is 0.444. The van der Waals surface area contributed by atoms with Crippen molar-refractivity contribution >= 4 is 33.2 Å². The normalized spacial score (nSPS) is 15.5. The van der Waals surface area contributed by atoms with Gasteiger partial charge in [0.05, 0.1) is 41.1 Å². The van der Waals surface area contributed by atoms with Crippen LogP contribution in [0.15, 0.2) is 29.2 Å². The molecule has 1 amide bonds. The lowest BCUT2D eigenvalue weighted by atomic mass is 10.3. The Labute approximate surface area is 169 Å². The molecule has 1 fully saturated rings. The Morgan fingerprint density at radius 3 is 2.43 bits per heavy atom. The molecule has 1 saturated heterocycles. The van der Waals surface area contributed by atoms with Gasteiger partial charge in [0.2, 0.25) is 15.9 Å². The van der Waals surface area contributed by atoms with Gasteiger partial charge in [-0.15, -0.1) is 0 Å². The molecule has 0 radical (unpaired) electrons. The molecule has 0 unspecified atom stereocenters. The van der Waals surface area contributed by atoms with Crippen LogP contribution in [-0.2, 0) is 26.1 Å². The van der Waals surface area contributed by atoms with Gasteiger partial charge in [0.1, 0.15) is 0 Å². The van der Waals surface area contributed by atoms with E-state index >= 15 is 0 Å². The van der Waals surface area contributed by atoms with Crippen molar-refractivity contribution in [1.82, 2.24) is 14.1 Å². The minimum absolute atomic E-state index is 0.188. The van der Waals surface area contributed by atoms with Gasteiger partial charge in [-0.05, 0) is 38.1 Å². The first-order valence-corrected chi connectivity index (χ1v) is 10.8. The van der Waals surface area contributed by atoms with Gasteiger partial charge in [-0.25, -0.2) is 8.42 Å². The number of aryl methyl sites for hydroxylation is 2. The van der Waals surface area contributed by atoms with E-state index in [4.69, 9.17) is 16.3 Å². The lowest BCUT2D eigenvalue weighted by Gasteiger charge is -2.26. The summed E-state index contributed by atoms with van der Waals surface area (Å²) in [6, 6.07) is 6.18. The SMILES string of the molecule is Cc1nn(CCC(=O)Nc2ccc(S(=O)(=O)N3CCOCC3)cc2)c(C)c1Cl. The molecule has 8 nitrogen and oxygen atoms in total. The number of nitrogens with zero attached hydrogens (tertiary/aromatic N) is 3. The molecule has 1 aromatic carbocycles. The van der Waals surface area contributed by atoms with Crippen molar-refractivity contribution in [3.8, 4) is 0 Å². The topological polar surface area (TPSA) is 93.5 Å². The van der Waals surface area contributed by atoms with Gasteiger partial charge < -0.3 is 10.1 Å². The number of carbonyl (C=O) groups is 1. The van der Waals surface area contributed by atoms with Crippen LogP contribution in [0.2, 0.25) is 5.02 Å². The molecule has 10 heteroatoms. The van der Waals surface area contributed by atoms with E-state index in [0.29, 0.717) is 43.6 Å². The summed E-state index contributed by atoms with van der Waals surface area (Å²) in [5.41, 5.74) is 2.10. The zero-order valence-electron chi connectivity index (χ0n) is 15.8. The van der Waals surface area contributed by atoms with Crippen molar-refractivity contribution in [2.24, 2.45) is 0 Å². The van der Waals surface area contributed by atoms with Gasteiger partial charge in [-0.3, -0.25) is 9.48 Å². The second-order valence-electron chi connectivity index (χ2n) is 6.55. The molecule has 1 aliphatic heterocycles. The molecular weight excluding hydrogens is 404 g/mol. The summed E-state index contributed by atoms with van der Waals surface area (Å²) < 4.78 is 33.5. The van der Waals surface area contributed by atoms with Gasteiger partial charge >= 0.3 is 0 Å². The third-order valence-corrected chi connectivity index (χ3v) is 7.05. The highest BCUT2D eigenvalue weighted by Crippen LogP contribution is 2.21. The minimum Gasteiger partial charge on any atom is -0.379 e. The van der Waals surface area contributed by atoms with Crippen LogP contribution < -0.4 is 5.32 Å². The standard InChI is InChI=1S/C18H23ClN4O4S/c1-13-18(19)14(2)23(21-13)8-7-17(24)20-15-3-5-16(6-4-15)28(25,26)22-9-11-27-12-10-22/h3-6H,7-12H2,1-2H3,(H,20,24). The quantitative estimate of drug-likeness (QED) is 0.764. The van der Waals surface area contributed by atoms with Crippen molar-refractivity contribution in [3.05, 3.63) is 40.7 Å². The number of aromatic nitrogens is 2. The molecule has 0 saturated carbocycles. The van der Waals surface area contributed by atoms with Crippen LogP contribution in [0.1, 0.15) is 17.8 Å². The van der Waals surface area contributed by atoms with Crippen LogP contribution in [0.4, 0.5) is 5.69 Å². The number of sulfonamides is 1. The van der Waals surface area contributed by atoms with Crippen LogP contribution in [0.25, 0.3) is 0 Å². The van der Waals surface area contributed by atoms with E-state index < -0.39 is 10.0 Å². The van der Waals surface area contributed by atoms with Gasteiger partial charge in [0.15, 0.2) is 0 Å². The second-order valence-corrected chi connectivity index (χ2v) is 8.86. The minimum atomic E-state index is -3.54. The van der Waals surface area contributed by atoms with Crippen molar-refractivity contribution in [2.45, 2.75) is 31.7 Å². The molecular formula is C18H23ClN4O4S. The Morgan fingerprint density at radius 1 is 1.21 bits per heavy atom. The number of morpholine rings is 1. The first-order valence-electron chi connectivity index (χ1n) is 8.96. The number of amides is 1. The lowest BCUT2D eigenvalue weighted by molar-refractivity contribution is -0.116. The highest BCUT2D eigenvalue weighted by molar-refractivity contribution is 7.89. The zero-order valence-corrected chi connectivity index (χ0v) is 17.4. The number of benzene rings is 1. The Morgan fingerprint density at radius 2 is 1.86 bits per heavy atom. The van der Waals surface area contributed by atoms with Gasteiger partial charge in [-0.1, -0.05) is 11.6 Å². The van der Waals surface area contributed by atoms with Crippen LogP contribution in [0, 0.1) is 13.8 Å². The molecule has 0 aliphatic carbocycles. The molecule has 1 aromatic heterocycles. The maximum Gasteiger partial charge on any atom is 0.243 e. The van der Waals surface area contributed by atoms with E-state index in [1.807, 2.05) is 13.8 Å². The monoisotopic (exact) mass is 426 g/mol. The molecule has 152 valence electrons. The van der Waals surface area contributed by atoms with Crippen LogP contribution in [0.3, 0.4) is 0 Å². The number of carbonyl (C=O) groups excluding carboxylic acids is 1. The largest absolute Gasteiger partial charge is 0.379 e. The van der Waals surface area contributed by atoms with Crippen molar-refractivity contribution in [1.29, 1.82) is 0 Å². The summed E-state index contributed by atoms with van der Waals surface area (Å²) in [6.07, 6.45) is 0.228. The second kappa shape index (κ2) is 8.60. The molecule has 1 aliphatic rings. The average molecular weight is 427 g/mol. The lowest BCUT2D eigenvalue weighted by Crippen LogP contribution is -2.40. The summed E-state index contributed by atoms with van der Waals surface area (Å²) in [6.45, 7) is 5.57. The van der Waals surface area contributed by atoms with E-state index in [9.17, 15) is 13.2 Å². The molecule has 2 aromatic rings. The van der Waals surface area contributed by atoms with Gasteiger partial charge in [0.25, 0.3) is 0 Å². The highest BCUT2D eigenvalue weighted by atomic mass is 35.5.